The first-order chi connectivity index (χ1) is 7.41. The quantitative estimate of drug-likeness (QED) is 0.707. The Morgan fingerprint density at radius 3 is 2.62 bits per heavy atom. The van der Waals surface area contributed by atoms with Crippen LogP contribution in [0.3, 0.4) is 0 Å². The molecule has 2 rings (SSSR count). The third kappa shape index (κ3) is 1.32. The smallest absolute Gasteiger partial charge is 0.425 e. The van der Waals surface area contributed by atoms with E-state index in [4.69, 9.17) is 0 Å². The first-order valence-electron chi connectivity index (χ1n) is 5.74. The lowest BCUT2D eigenvalue weighted by Gasteiger charge is -2.37. The van der Waals surface area contributed by atoms with Crippen molar-refractivity contribution in [3.8, 4) is 0 Å². The summed E-state index contributed by atoms with van der Waals surface area (Å²) in [4.78, 5) is 11.0. The minimum absolute atomic E-state index is 0.138. The number of carbonyl (C=O) groups is 1. The highest BCUT2D eigenvalue weighted by Crippen LogP contribution is 2.64. The number of rotatable bonds is 2. The van der Waals surface area contributed by atoms with Crippen molar-refractivity contribution in [3.63, 3.8) is 0 Å². The van der Waals surface area contributed by atoms with Crippen LogP contribution in [0.2, 0.25) is 0 Å². The molecule has 16 heavy (non-hydrogen) atoms. The van der Waals surface area contributed by atoms with Gasteiger partial charge in [0, 0.05) is 11.1 Å². The minimum atomic E-state index is -0.454. The van der Waals surface area contributed by atoms with E-state index in [1.165, 1.54) is 20.0 Å². The van der Waals surface area contributed by atoms with Gasteiger partial charge in [-0.2, -0.15) is 0 Å². The largest absolute Gasteiger partial charge is 0.452 e. The van der Waals surface area contributed by atoms with Crippen LogP contribution < -0.4 is 10.9 Å². The van der Waals surface area contributed by atoms with E-state index in [2.05, 4.69) is 42.4 Å². The van der Waals surface area contributed by atoms with Crippen LogP contribution in [0.25, 0.3) is 0 Å². The summed E-state index contributed by atoms with van der Waals surface area (Å²) in [5.74, 6) is 0.611. The molecule has 0 aromatic rings. The van der Waals surface area contributed by atoms with E-state index in [0.29, 0.717) is 5.92 Å². The third-order valence-corrected chi connectivity index (χ3v) is 4.75. The maximum absolute atomic E-state index is 11.0. The Morgan fingerprint density at radius 1 is 1.50 bits per heavy atom. The van der Waals surface area contributed by atoms with Gasteiger partial charge in [0.2, 0.25) is 0 Å². The summed E-state index contributed by atoms with van der Waals surface area (Å²) in [7, 11) is 1.36. The van der Waals surface area contributed by atoms with Crippen LogP contribution in [0.5, 0.6) is 0 Å². The first-order valence-corrected chi connectivity index (χ1v) is 5.74. The molecule has 0 aliphatic heterocycles. The van der Waals surface area contributed by atoms with Gasteiger partial charge >= 0.3 is 6.09 Å². The summed E-state index contributed by atoms with van der Waals surface area (Å²) in [6.07, 6.45) is 4.21. The number of hydrogen-bond donors (Lipinski definition) is 2. The Hall–Kier alpha value is -1.19. The van der Waals surface area contributed by atoms with Crippen molar-refractivity contribution in [2.75, 3.05) is 7.11 Å². The van der Waals surface area contributed by atoms with Crippen molar-refractivity contribution in [2.24, 2.45) is 16.7 Å². The molecule has 4 nitrogen and oxygen atoms in total. The highest BCUT2D eigenvalue weighted by molar-refractivity contribution is 5.66. The van der Waals surface area contributed by atoms with Gasteiger partial charge in [-0.15, -0.1) is 0 Å². The Kier molecular flexibility index (Phi) is 2.40. The maximum atomic E-state index is 11.0. The van der Waals surface area contributed by atoms with Gasteiger partial charge in [-0.3, -0.25) is 5.43 Å². The molecule has 0 aromatic heterocycles. The van der Waals surface area contributed by atoms with Crippen molar-refractivity contribution in [1.82, 2.24) is 10.9 Å². The van der Waals surface area contributed by atoms with Crippen LogP contribution in [0.1, 0.15) is 33.6 Å². The zero-order valence-corrected chi connectivity index (χ0v) is 10.4. The van der Waals surface area contributed by atoms with E-state index in [1.807, 2.05) is 0 Å². The van der Waals surface area contributed by atoms with Gasteiger partial charge in [0.15, 0.2) is 0 Å². The molecule has 2 aliphatic carbocycles. The Labute approximate surface area is 96.4 Å². The van der Waals surface area contributed by atoms with Crippen molar-refractivity contribution >= 4 is 6.09 Å². The number of ether oxygens (including phenoxy) is 1. The van der Waals surface area contributed by atoms with Crippen molar-refractivity contribution < 1.29 is 9.53 Å². The zero-order valence-electron chi connectivity index (χ0n) is 10.4. The van der Waals surface area contributed by atoms with Crippen molar-refractivity contribution in [1.29, 1.82) is 0 Å². The van der Waals surface area contributed by atoms with E-state index in [9.17, 15) is 4.79 Å². The van der Waals surface area contributed by atoms with Crippen LogP contribution in [-0.4, -0.2) is 13.2 Å². The predicted molar refractivity (Wildman–Crippen MR) is 61.4 cm³/mol. The molecule has 2 unspecified atom stereocenters. The molecule has 2 bridgehead atoms. The third-order valence-electron chi connectivity index (χ3n) is 4.75. The molecule has 4 heteroatoms. The average Bonchev–Trinajstić information content (AvgIpc) is 2.58. The van der Waals surface area contributed by atoms with Gasteiger partial charge < -0.3 is 4.74 Å². The number of hydrazine groups is 1. The summed E-state index contributed by atoms with van der Waals surface area (Å²) in [6.45, 7) is 6.86. The molecule has 1 fully saturated rings. The van der Waals surface area contributed by atoms with Gasteiger partial charge in [-0.25, -0.2) is 10.2 Å². The Bertz CT molecular complexity index is 349. The van der Waals surface area contributed by atoms with Gasteiger partial charge in [0.1, 0.15) is 0 Å². The highest BCUT2D eigenvalue weighted by Gasteiger charge is 2.57. The maximum Gasteiger partial charge on any atom is 0.425 e. The van der Waals surface area contributed by atoms with Crippen LogP contribution in [-0.2, 0) is 4.74 Å². The summed E-state index contributed by atoms with van der Waals surface area (Å²) in [5.41, 5.74) is 7.07. The molecule has 0 radical (unpaired) electrons. The van der Waals surface area contributed by atoms with Gasteiger partial charge in [0.25, 0.3) is 0 Å². The number of allylic oxidation sites excluding steroid dienone is 2. The zero-order chi connectivity index (χ0) is 12.0. The van der Waals surface area contributed by atoms with Crippen molar-refractivity contribution in [3.05, 3.63) is 11.8 Å². The van der Waals surface area contributed by atoms with Crippen LogP contribution in [0.4, 0.5) is 4.79 Å². The number of carbonyl (C=O) groups excluding carboxylic acids is 1. The van der Waals surface area contributed by atoms with Crippen molar-refractivity contribution in [2.45, 2.75) is 33.6 Å². The lowest BCUT2D eigenvalue weighted by atomic mass is 9.69. The van der Waals surface area contributed by atoms with E-state index in [1.54, 1.807) is 0 Å². The van der Waals surface area contributed by atoms with Gasteiger partial charge in [-0.1, -0.05) is 26.8 Å². The van der Waals surface area contributed by atoms with Crippen LogP contribution >= 0.6 is 0 Å². The van der Waals surface area contributed by atoms with E-state index in [0.717, 1.165) is 5.70 Å². The number of amides is 1. The number of methoxy groups -OCH3 is 1. The molecule has 1 amide bonds. The van der Waals surface area contributed by atoms with Crippen LogP contribution in [0, 0.1) is 16.7 Å². The predicted octanol–water partition coefficient (Wildman–Crippen LogP) is 2.19. The van der Waals surface area contributed by atoms with Crippen LogP contribution in [0.15, 0.2) is 11.8 Å². The highest BCUT2D eigenvalue weighted by atomic mass is 16.5. The molecule has 2 atom stereocenters. The molecule has 2 N–H and O–H groups in total. The summed E-state index contributed by atoms with van der Waals surface area (Å²) in [5, 5.41) is 0. The standard InChI is InChI=1S/C12H20N2O2/c1-11(2)8-5-6-12(11,3)9(7-8)13-14-10(15)16-4/h7-8,13H,5-6H2,1-4H3,(H,14,15). The SMILES string of the molecule is COC(=O)NNC1=CC2CCC1(C)C2(C)C. The normalized spacial score (nSPS) is 34.5. The Morgan fingerprint density at radius 2 is 2.19 bits per heavy atom. The topological polar surface area (TPSA) is 50.4 Å². The monoisotopic (exact) mass is 224 g/mol. The van der Waals surface area contributed by atoms with Gasteiger partial charge in [0.05, 0.1) is 7.11 Å². The second-order valence-corrected chi connectivity index (χ2v) is 5.52. The number of nitrogens with one attached hydrogen (secondary N) is 2. The minimum Gasteiger partial charge on any atom is -0.452 e. The fourth-order valence-electron chi connectivity index (χ4n) is 3.04. The molecular weight excluding hydrogens is 204 g/mol. The molecule has 0 heterocycles. The number of fused-ring (bicyclic) bond motifs is 2. The number of hydrogen-bond acceptors (Lipinski definition) is 3. The Balaban J connectivity index is 2.09. The molecule has 2 aliphatic rings. The average molecular weight is 224 g/mol. The molecule has 0 aromatic carbocycles. The molecule has 1 saturated carbocycles. The fraction of sp³-hybridized carbons (Fsp3) is 0.750. The first kappa shape index (κ1) is 11.3. The molecule has 0 spiro atoms. The van der Waals surface area contributed by atoms with E-state index < -0.39 is 6.09 Å². The summed E-state index contributed by atoms with van der Waals surface area (Å²) >= 11 is 0. The van der Waals surface area contributed by atoms with E-state index in [-0.39, 0.29) is 10.8 Å². The van der Waals surface area contributed by atoms with Gasteiger partial charge in [-0.05, 0) is 24.2 Å². The fourth-order valence-corrected chi connectivity index (χ4v) is 3.04. The van der Waals surface area contributed by atoms with E-state index >= 15 is 0 Å². The lowest BCUT2D eigenvalue weighted by molar-refractivity contribution is 0.150. The molecular formula is C12H20N2O2. The second kappa shape index (κ2) is 3.40. The summed E-state index contributed by atoms with van der Waals surface area (Å²) in [6, 6.07) is 0. The summed E-state index contributed by atoms with van der Waals surface area (Å²) < 4.78 is 4.54. The molecule has 90 valence electrons. The lowest BCUT2D eigenvalue weighted by Crippen LogP contribution is -2.43. The second-order valence-electron chi connectivity index (χ2n) is 5.52. The molecule has 0 saturated heterocycles.